The third kappa shape index (κ3) is 4.06. The van der Waals surface area contributed by atoms with E-state index in [2.05, 4.69) is 20.7 Å². The number of sulfonamides is 1. The number of halogens is 1. The Labute approximate surface area is 127 Å². The van der Waals surface area contributed by atoms with E-state index in [9.17, 15) is 8.42 Å². The third-order valence-electron chi connectivity index (χ3n) is 2.72. The Hall–Kier alpha value is -1.37. The van der Waals surface area contributed by atoms with Crippen LogP contribution in [0.5, 0.6) is 0 Å². The van der Waals surface area contributed by atoms with Crippen LogP contribution in [0.25, 0.3) is 0 Å². The zero-order valence-electron chi connectivity index (χ0n) is 10.7. The molecule has 0 heterocycles. The average molecular weight is 355 g/mol. The minimum Gasteiger partial charge on any atom is -0.326 e. The normalized spacial score (nSPS) is 11.3. The molecule has 20 heavy (non-hydrogen) atoms. The van der Waals surface area contributed by atoms with Crippen LogP contribution < -0.4 is 10.5 Å². The molecule has 106 valence electrons. The molecule has 6 heteroatoms. The Morgan fingerprint density at radius 2 is 1.75 bits per heavy atom. The Morgan fingerprint density at radius 3 is 2.45 bits per heavy atom. The van der Waals surface area contributed by atoms with E-state index < -0.39 is 10.0 Å². The van der Waals surface area contributed by atoms with Crippen molar-refractivity contribution in [3.05, 3.63) is 64.1 Å². The highest BCUT2D eigenvalue weighted by atomic mass is 79.9. The van der Waals surface area contributed by atoms with Gasteiger partial charge >= 0.3 is 0 Å². The van der Waals surface area contributed by atoms with Gasteiger partial charge in [0.1, 0.15) is 0 Å². The molecule has 0 fully saturated rings. The van der Waals surface area contributed by atoms with Gasteiger partial charge in [-0.25, -0.2) is 8.42 Å². The van der Waals surface area contributed by atoms with E-state index in [-0.39, 0.29) is 5.75 Å². The first-order chi connectivity index (χ1) is 9.50. The van der Waals surface area contributed by atoms with E-state index in [1.54, 1.807) is 30.3 Å². The van der Waals surface area contributed by atoms with Crippen molar-refractivity contribution in [3.63, 3.8) is 0 Å². The summed E-state index contributed by atoms with van der Waals surface area (Å²) >= 11 is 3.31. The van der Waals surface area contributed by atoms with Crippen molar-refractivity contribution in [1.82, 2.24) is 0 Å². The molecule has 0 bridgehead atoms. The van der Waals surface area contributed by atoms with Crippen molar-refractivity contribution in [2.45, 2.75) is 12.3 Å². The van der Waals surface area contributed by atoms with Crippen molar-refractivity contribution < 1.29 is 8.42 Å². The maximum atomic E-state index is 12.2. The lowest BCUT2D eigenvalue weighted by atomic mass is 10.1. The first kappa shape index (κ1) is 15.0. The average Bonchev–Trinajstić information content (AvgIpc) is 2.41. The number of nitrogens with two attached hydrogens (primary N) is 1. The Morgan fingerprint density at radius 1 is 1.05 bits per heavy atom. The summed E-state index contributed by atoms with van der Waals surface area (Å²) in [5, 5.41) is 0. The molecule has 4 nitrogen and oxygen atoms in total. The summed E-state index contributed by atoms with van der Waals surface area (Å²) in [7, 11) is -3.46. The van der Waals surface area contributed by atoms with Gasteiger partial charge in [-0.15, -0.1) is 0 Å². The van der Waals surface area contributed by atoms with Crippen LogP contribution in [0.4, 0.5) is 5.69 Å². The van der Waals surface area contributed by atoms with Crippen LogP contribution in [0.2, 0.25) is 0 Å². The van der Waals surface area contributed by atoms with E-state index in [1.165, 1.54) is 0 Å². The van der Waals surface area contributed by atoms with Crippen LogP contribution in [-0.2, 0) is 22.3 Å². The third-order valence-corrected chi connectivity index (χ3v) is 4.66. The Balaban J connectivity index is 2.17. The standard InChI is InChI=1S/C14H15BrN2O2S/c15-13-6-1-2-7-14(13)17-20(18,19)10-12-5-3-4-11(8-12)9-16/h1-8,17H,9-10,16H2. The topological polar surface area (TPSA) is 72.2 Å². The lowest BCUT2D eigenvalue weighted by Gasteiger charge is -2.10. The number of rotatable bonds is 5. The second-order valence-electron chi connectivity index (χ2n) is 4.37. The highest BCUT2D eigenvalue weighted by Gasteiger charge is 2.13. The van der Waals surface area contributed by atoms with Crippen molar-refractivity contribution >= 4 is 31.6 Å². The van der Waals surface area contributed by atoms with Crippen molar-refractivity contribution in [3.8, 4) is 0 Å². The number of para-hydroxylation sites is 1. The van der Waals surface area contributed by atoms with E-state index in [0.29, 0.717) is 22.3 Å². The fraction of sp³-hybridized carbons (Fsp3) is 0.143. The first-order valence-electron chi connectivity index (χ1n) is 6.03. The number of nitrogens with one attached hydrogen (secondary N) is 1. The van der Waals surface area contributed by atoms with Gasteiger partial charge in [0.05, 0.1) is 11.4 Å². The molecule has 0 saturated carbocycles. The predicted octanol–water partition coefficient (Wildman–Crippen LogP) is 2.85. The zero-order chi connectivity index (χ0) is 14.6. The summed E-state index contributed by atoms with van der Waals surface area (Å²) in [5.74, 6) is -0.0812. The summed E-state index contributed by atoms with van der Waals surface area (Å²) in [6, 6.07) is 14.4. The lowest BCUT2D eigenvalue weighted by Crippen LogP contribution is -2.15. The number of benzene rings is 2. The van der Waals surface area contributed by atoms with Gasteiger partial charge in [-0.3, -0.25) is 4.72 Å². The van der Waals surface area contributed by atoms with Crippen molar-refractivity contribution in [2.24, 2.45) is 5.73 Å². The van der Waals surface area contributed by atoms with Gasteiger partial charge in [-0.05, 0) is 39.2 Å². The van der Waals surface area contributed by atoms with Crippen LogP contribution in [-0.4, -0.2) is 8.42 Å². The van der Waals surface area contributed by atoms with Gasteiger partial charge in [0.2, 0.25) is 10.0 Å². The van der Waals surface area contributed by atoms with Crippen LogP contribution in [0.1, 0.15) is 11.1 Å². The molecule has 0 amide bonds. The van der Waals surface area contributed by atoms with Gasteiger partial charge in [-0.2, -0.15) is 0 Å². The smallest absolute Gasteiger partial charge is 0.236 e. The van der Waals surface area contributed by atoms with Gasteiger partial charge in [0.15, 0.2) is 0 Å². The van der Waals surface area contributed by atoms with Crippen LogP contribution in [0.3, 0.4) is 0 Å². The molecule has 0 radical (unpaired) electrons. The highest BCUT2D eigenvalue weighted by Crippen LogP contribution is 2.23. The van der Waals surface area contributed by atoms with E-state index in [4.69, 9.17) is 5.73 Å². The fourth-order valence-electron chi connectivity index (χ4n) is 1.81. The maximum Gasteiger partial charge on any atom is 0.236 e. The molecule has 0 aliphatic rings. The molecule has 0 saturated heterocycles. The molecule has 2 aromatic rings. The first-order valence-corrected chi connectivity index (χ1v) is 8.47. The Bertz CT molecular complexity index is 702. The van der Waals surface area contributed by atoms with E-state index >= 15 is 0 Å². The highest BCUT2D eigenvalue weighted by molar-refractivity contribution is 9.10. The van der Waals surface area contributed by atoms with Gasteiger partial charge in [-0.1, -0.05) is 36.4 Å². The monoisotopic (exact) mass is 354 g/mol. The number of hydrogen-bond acceptors (Lipinski definition) is 3. The van der Waals surface area contributed by atoms with Crippen molar-refractivity contribution in [2.75, 3.05) is 4.72 Å². The second-order valence-corrected chi connectivity index (χ2v) is 6.94. The molecule has 2 rings (SSSR count). The quantitative estimate of drug-likeness (QED) is 0.866. The zero-order valence-corrected chi connectivity index (χ0v) is 13.1. The summed E-state index contributed by atoms with van der Waals surface area (Å²) in [6.45, 7) is 0.394. The molecule has 0 spiro atoms. The molecule has 0 aliphatic carbocycles. The summed E-state index contributed by atoms with van der Waals surface area (Å²) in [4.78, 5) is 0. The fourth-order valence-corrected chi connectivity index (χ4v) is 3.53. The molecule has 0 atom stereocenters. The van der Waals surface area contributed by atoms with Crippen LogP contribution in [0.15, 0.2) is 53.0 Å². The minimum atomic E-state index is -3.46. The van der Waals surface area contributed by atoms with Gasteiger partial charge in [0, 0.05) is 11.0 Å². The van der Waals surface area contributed by atoms with Gasteiger partial charge < -0.3 is 5.73 Å². The van der Waals surface area contributed by atoms with Gasteiger partial charge in [0.25, 0.3) is 0 Å². The Kier molecular flexibility index (Phi) is 4.80. The largest absolute Gasteiger partial charge is 0.326 e. The molecule has 0 unspecified atom stereocenters. The van der Waals surface area contributed by atoms with Crippen molar-refractivity contribution in [1.29, 1.82) is 0 Å². The molecular weight excluding hydrogens is 340 g/mol. The van der Waals surface area contributed by atoms with E-state index in [0.717, 1.165) is 5.56 Å². The number of hydrogen-bond donors (Lipinski definition) is 2. The summed E-state index contributed by atoms with van der Waals surface area (Å²) < 4.78 is 27.6. The molecule has 3 N–H and O–H groups in total. The molecular formula is C14H15BrN2O2S. The lowest BCUT2D eigenvalue weighted by molar-refractivity contribution is 0.600. The maximum absolute atomic E-state index is 12.2. The second kappa shape index (κ2) is 6.39. The minimum absolute atomic E-state index is 0.0812. The SMILES string of the molecule is NCc1cccc(CS(=O)(=O)Nc2ccccc2Br)c1. The van der Waals surface area contributed by atoms with Crippen LogP contribution in [0, 0.1) is 0 Å². The summed E-state index contributed by atoms with van der Waals surface area (Å²) in [5.41, 5.74) is 7.72. The molecule has 2 aromatic carbocycles. The van der Waals surface area contributed by atoms with Crippen LogP contribution >= 0.6 is 15.9 Å². The number of anilines is 1. The molecule has 0 aromatic heterocycles. The predicted molar refractivity (Wildman–Crippen MR) is 84.7 cm³/mol. The summed E-state index contributed by atoms with van der Waals surface area (Å²) in [6.07, 6.45) is 0. The molecule has 0 aliphatic heterocycles. The van der Waals surface area contributed by atoms with E-state index in [1.807, 2.05) is 18.2 Å².